The zero-order valence-corrected chi connectivity index (χ0v) is 9.38. The molecule has 0 amide bonds. The Morgan fingerprint density at radius 2 is 2.41 bits per heavy atom. The van der Waals surface area contributed by atoms with Crippen LogP contribution in [0.1, 0.15) is 11.7 Å². The molecule has 0 spiro atoms. The summed E-state index contributed by atoms with van der Waals surface area (Å²) in [5, 5.41) is 10.2. The maximum atomic E-state index is 11.9. The summed E-state index contributed by atoms with van der Waals surface area (Å²) in [4.78, 5) is 15.9. The van der Waals surface area contributed by atoms with Gasteiger partial charge in [0.15, 0.2) is 0 Å². The first-order valence-corrected chi connectivity index (χ1v) is 5.48. The van der Waals surface area contributed by atoms with Crippen LogP contribution in [-0.4, -0.2) is 27.9 Å². The summed E-state index contributed by atoms with van der Waals surface area (Å²) < 4.78 is 7.09. The molecule has 0 bridgehead atoms. The predicted molar refractivity (Wildman–Crippen MR) is 62.4 cm³/mol. The molecule has 5 heteroatoms. The van der Waals surface area contributed by atoms with Gasteiger partial charge in [0.05, 0.1) is 23.9 Å². The van der Waals surface area contributed by atoms with Crippen LogP contribution < -0.4 is 10.4 Å². The Balaban J connectivity index is 2.49. The third-order valence-corrected chi connectivity index (χ3v) is 3.11. The van der Waals surface area contributed by atoms with E-state index in [9.17, 15) is 9.90 Å². The molecule has 1 N–H and O–H groups in total. The van der Waals surface area contributed by atoms with Crippen molar-refractivity contribution < 1.29 is 9.84 Å². The van der Waals surface area contributed by atoms with Crippen LogP contribution in [0.5, 0.6) is 5.75 Å². The Morgan fingerprint density at radius 1 is 1.59 bits per heavy atom. The van der Waals surface area contributed by atoms with Crippen molar-refractivity contribution in [2.75, 3.05) is 13.2 Å². The van der Waals surface area contributed by atoms with E-state index in [1.165, 1.54) is 4.57 Å². The number of aliphatic hydroxyl groups excluding tert-OH is 1. The van der Waals surface area contributed by atoms with Crippen molar-refractivity contribution in [3.63, 3.8) is 0 Å². The summed E-state index contributed by atoms with van der Waals surface area (Å²) in [5.74, 6) is 0.676. The lowest BCUT2D eigenvalue weighted by Crippen LogP contribution is -2.36. The van der Waals surface area contributed by atoms with Crippen LogP contribution in [0.4, 0.5) is 0 Å². The topological polar surface area (TPSA) is 64.4 Å². The molecule has 1 aromatic carbocycles. The standard InChI is InChI=1S/C12H12N2O3/c1-7-9-3-2-4-10-11(9)14(12(16)13-7)8(5-15)6-17-10/h2-4,8,15H,5-6H2,1H3. The van der Waals surface area contributed by atoms with Crippen molar-refractivity contribution in [2.24, 2.45) is 0 Å². The van der Waals surface area contributed by atoms with Crippen LogP contribution in [-0.2, 0) is 0 Å². The van der Waals surface area contributed by atoms with E-state index in [0.717, 1.165) is 10.9 Å². The van der Waals surface area contributed by atoms with E-state index in [0.29, 0.717) is 18.1 Å². The number of aliphatic hydroxyl groups is 1. The van der Waals surface area contributed by atoms with Crippen LogP contribution in [0.3, 0.4) is 0 Å². The van der Waals surface area contributed by atoms with Crippen LogP contribution >= 0.6 is 0 Å². The first-order valence-electron chi connectivity index (χ1n) is 5.48. The molecular formula is C12H12N2O3. The highest BCUT2D eigenvalue weighted by Crippen LogP contribution is 2.31. The van der Waals surface area contributed by atoms with Gasteiger partial charge in [0, 0.05) is 5.39 Å². The molecule has 1 aliphatic heterocycles. The summed E-state index contributed by atoms with van der Waals surface area (Å²) >= 11 is 0. The molecule has 0 fully saturated rings. The molecule has 1 aliphatic rings. The van der Waals surface area contributed by atoms with Gasteiger partial charge in [0.2, 0.25) is 0 Å². The number of ether oxygens (including phenoxy) is 1. The molecule has 88 valence electrons. The van der Waals surface area contributed by atoms with Crippen molar-refractivity contribution >= 4 is 10.9 Å². The fourth-order valence-corrected chi connectivity index (χ4v) is 2.27. The lowest BCUT2D eigenvalue weighted by Gasteiger charge is -2.26. The molecule has 5 nitrogen and oxygen atoms in total. The average Bonchev–Trinajstić information content (AvgIpc) is 2.35. The average molecular weight is 232 g/mol. The maximum Gasteiger partial charge on any atom is 0.348 e. The fourth-order valence-electron chi connectivity index (χ4n) is 2.27. The summed E-state index contributed by atoms with van der Waals surface area (Å²) in [5.41, 5.74) is 1.09. The monoisotopic (exact) mass is 232 g/mol. The second kappa shape index (κ2) is 3.56. The molecular weight excluding hydrogens is 220 g/mol. The van der Waals surface area contributed by atoms with E-state index in [1.807, 2.05) is 18.2 Å². The van der Waals surface area contributed by atoms with Crippen molar-refractivity contribution in [3.05, 3.63) is 34.4 Å². The number of para-hydroxylation sites is 1. The minimum atomic E-state index is -0.354. The molecule has 17 heavy (non-hydrogen) atoms. The zero-order valence-electron chi connectivity index (χ0n) is 9.38. The third kappa shape index (κ3) is 1.36. The van der Waals surface area contributed by atoms with Gasteiger partial charge in [-0.15, -0.1) is 0 Å². The van der Waals surface area contributed by atoms with E-state index in [-0.39, 0.29) is 18.3 Å². The van der Waals surface area contributed by atoms with Gasteiger partial charge in [-0.05, 0) is 13.0 Å². The molecule has 0 saturated carbocycles. The van der Waals surface area contributed by atoms with Gasteiger partial charge in [-0.1, -0.05) is 12.1 Å². The predicted octanol–water partition coefficient (Wildman–Crippen LogP) is 0.631. The number of nitrogens with zero attached hydrogens (tertiary/aromatic N) is 2. The van der Waals surface area contributed by atoms with Gasteiger partial charge in [0.1, 0.15) is 12.4 Å². The molecule has 1 aromatic heterocycles. The van der Waals surface area contributed by atoms with Crippen molar-refractivity contribution in [2.45, 2.75) is 13.0 Å². The Hall–Kier alpha value is -1.88. The maximum absolute atomic E-state index is 11.9. The zero-order chi connectivity index (χ0) is 12.0. The first-order chi connectivity index (χ1) is 8.22. The number of hydrogen-bond acceptors (Lipinski definition) is 4. The number of aryl methyl sites for hydroxylation is 1. The highest BCUT2D eigenvalue weighted by Gasteiger charge is 2.24. The van der Waals surface area contributed by atoms with Crippen LogP contribution in [0.2, 0.25) is 0 Å². The summed E-state index contributed by atoms with van der Waals surface area (Å²) in [6.45, 7) is 1.97. The SMILES string of the molecule is Cc1nc(=O)n2c3c(cccc13)OCC2CO. The van der Waals surface area contributed by atoms with Gasteiger partial charge in [-0.25, -0.2) is 4.79 Å². The minimum Gasteiger partial charge on any atom is -0.489 e. The first kappa shape index (κ1) is 10.3. The molecule has 1 unspecified atom stereocenters. The number of hydrogen-bond donors (Lipinski definition) is 1. The Morgan fingerprint density at radius 3 is 3.18 bits per heavy atom. The second-order valence-corrected chi connectivity index (χ2v) is 4.15. The van der Waals surface area contributed by atoms with E-state index in [4.69, 9.17) is 4.74 Å². The molecule has 3 rings (SSSR count). The van der Waals surface area contributed by atoms with Crippen LogP contribution in [0.25, 0.3) is 10.9 Å². The van der Waals surface area contributed by atoms with Gasteiger partial charge >= 0.3 is 5.69 Å². The molecule has 0 aliphatic carbocycles. The number of benzene rings is 1. The molecule has 2 aromatic rings. The van der Waals surface area contributed by atoms with Gasteiger partial charge in [0.25, 0.3) is 0 Å². The molecule has 2 heterocycles. The number of aromatic nitrogens is 2. The summed E-state index contributed by atoms with van der Waals surface area (Å²) in [6, 6.07) is 5.25. The van der Waals surface area contributed by atoms with E-state index in [1.54, 1.807) is 6.92 Å². The van der Waals surface area contributed by atoms with Gasteiger partial charge in [-0.2, -0.15) is 4.98 Å². The highest BCUT2D eigenvalue weighted by molar-refractivity contribution is 5.87. The molecule has 0 saturated heterocycles. The normalized spacial score (nSPS) is 18.1. The van der Waals surface area contributed by atoms with Crippen LogP contribution in [0.15, 0.2) is 23.0 Å². The quantitative estimate of drug-likeness (QED) is 0.783. The lowest BCUT2D eigenvalue weighted by molar-refractivity contribution is 0.155. The second-order valence-electron chi connectivity index (χ2n) is 4.15. The van der Waals surface area contributed by atoms with E-state index >= 15 is 0 Å². The summed E-state index contributed by atoms with van der Waals surface area (Å²) in [7, 11) is 0. The summed E-state index contributed by atoms with van der Waals surface area (Å²) in [6.07, 6.45) is 0. The van der Waals surface area contributed by atoms with Crippen molar-refractivity contribution in [1.82, 2.24) is 9.55 Å². The largest absolute Gasteiger partial charge is 0.489 e. The smallest absolute Gasteiger partial charge is 0.348 e. The minimum absolute atomic E-state index is 0.131. The highest BCUT2D eigenvalue weighted by atomic mass is 16.5. The van der Waals surface area contributed by atoms with E-state index < -0.39 is 0 Å². The van der Waals surface area contributed by atoms with Crippen molar-refractivity contribution in [3.8, 4) is 5.75 Å². The van der Waals surface area contributed by atoms with Crippen LogP contribution in [0, 0.1) is 6.92 Å². The third-order valence-electron chi connectivity index (χ3n) is 3.11. The number of rotatable bonds is 1. The Bertz CT molecular complexity index is 648. The van der Waals surface area contributed by atoms with Gasteiger partial charge in [-0.3, -0.25) is 4.57 Å². The fraction of sp³-hybridized carbons (Fsp3) is 0.333. The van der Waals surface area contributed by atoms with E-state index in [2.05, 4.69) is 4.98 Å². The Kier molecular flexibility index (Phi) is 2.16. The Labute approximate surface area is 97.3 Å². The van der Waals surface area contributed by atoms with Crippen molar-refractivity contribution in [1.29, 1.82) is 0 Å². The van der Waals surface area contributed by atoms with Gasteiger partial charge < -0.3 is 9.84 Å². The molecule has 1 atom stereocenters. The molecule has 0 radical (unpaired) electrons. The lowest BCUT2D eigenvalue weighted by atomic mass is 10.1.